The first kappa shape index (κ1) is 19.4. The summed E-state index contributed by atoms with van der Waals surface area (Å²) < 4.78 is 2.05. The molecule has 0 aliphatic carbocycles. The van der Waals surface area contributed by atoms with E-state index in [1.165, 1.54) is 16.8 Å². The first-order valence-electron chi connectivity index (χ1n) is 10.7. The molecule has 0 saturated carbocycles. The van der Waals surface area contributed by atoms with Gasteiger partial charge in [-0.15, -0.1) is 0 Å². The average molecular weight is 411 g/mol. The van der Waals surface area contributed by atoms with Gasteiger partial charge < -0.3 is 9.80 Å². The van der Waals surface area contributed by atoms with E-state index in [0.717, 1.165) is 42.9 Å². The van der Waals surface area contributed by atoms with Crippen LogP contribution < -0.4 is 4.90 Å². The smallest absolute Gasteiger partial charge is 0.254 e. The number of rotatable bonds is 3. The standard InChI is InChI=1S/C26H26N4O/c1-19-8-9-20(2)25(16-19)28-12-14-29(15-13-28)26(31)21-10-11-24-23(17-21)27-18-30(24)22-6-4-3-5-7-22/h3-11,16-18H,12-15H2,1-2H3. The molecule has 0 spiro atoms. The molecular formula is C26H26N4O. The van der Waals surface area contributed by atoms with E-state index in [9.17, 15) is 4.79 Å². The molecule has 3 aromatic carbocycles. The van der Waals surface area contributed by atoms with Crippen molar-refractivity contribution in [1.82, 2.24) is 14.5 Å². The summed E-state index contributed by atoms with van der Waals surface area (Å²) in [4.78, 5) is 22.0. The highest BCUT2D eigenvalue weighted by atomic mass is 16.2. The van der Waals surface area contributed by atoms with Gasteiger partial charge in [0, 0.05) is 43.1 Å². The van der Waals surface area contributed by atoms with Gasteiger partial charge in [-0.25, -0.2) is 4.98 Å². The number of carbonyl (C=O) groups is 1. The highest BCUT2D eigenvalue weighted by molar-refractivity contribution is 5.97. The van der Waals surface area contributed by atoms with E-state index in [1.54, 1.807) is 0 Å². The maximum Gasteiger partial charge on any atom is 0.254 e. The number of anilines is 1. The molecule has 5 nitrogen and oxygen atoms in total. The summed E-state index contributed by atoms with van der Waals surface area (Å²) in [5, 5.41) is 0. The molecule has 0 N–H and O–H groups in total. The van der Waals surface area contributed by atoms with Gasteiger partial charge in [0.2, 0.25) is 0 Å². The lowest BCUT2D eigenvalue weighted by molar-refractivity contribution is 0.0747. The molecule has 0 atom stereocenters. The maximum atomic E-state index is 13.2. The average Bonchev–Trinajstić information content (AvgIpc) is 3.24. The summed E-state index contributed by atoms with van der Waals surface area (Å²) in [6, 6.07) is 22.5. The molecule has 1 saturated heterocycles. The zero-order chi connectivity index (χ0) is 21.4. The number of aromatic nitrogens is 2. The lowest BCUT2D eigenvalue weighted by Gasteiger charge is -2.37. The van der Waals surface area contributed by atoms with E-state index in [2.05, 4.69) is 54.1 Å². The highest BCUT2D eigenvalue weighted by Gasteiger charge is 2.23. The van der Waals surface area contributed by atoms with Crippen molar-refractivity contribution in [2.45, 2.75) is 13.8 Å². The van der Waals surface area contributed by atoms with Crippen molar-refractivity contribution < 1.29 is 4.79 Å². The lowest BCUT2D eigenvalue weighted by Crippen LogP contribution is -2.49. The maximum absolute atomic E-state index is 13.2. The van der Waals surface area contributed by atoms with Gasteiger partial charge in [0.15, 0.2) is 0 Å². The van der Waals surface area contributed by atoms with Crippen LogP contribution in [0.15, 0.2) is 73.1 Å². The largest absolute Gasteiger partial charge is 0.368 e. The quantitative estimate of drug-likeness (QED) is 0.495. The Morgan fingerprint density at radius 1 is 0.871 bits per heavy atom. The molecule has 2 heterocycles. The third-order valence-electron chi connectivity index (χ3n) is 6.10. The minimum absolute atomic E-state index is 0.0803. The lowest BCUT2D eigenvalue weighted by atomic mass is 10.1. The number of hydrogen-bond acceptors (Lipinski definition) is 3. The number of carbonyl (C=O) groups excluding carboxylic acids is 1. The number of piperazine rings is 1. The van der Waals surface area contributed by atoms with E-state index in [4.69, 9.17) is 0 Å². The van der Waals surface area contributed by atoms with Crippen LogP contribution in [0.3, 0.4) is 0 Å². The van der Waals surface area contributed by atoms with E-state index in [-0.39, 0.29) is 5.91 Å². The van der Waals surface area contributed by atoms with Crippen molar-refractivity contribution in [3.8, 4) is 5.69 Å². The van der Waals surface area contributed by atoms with Crippen molar-refractivity contribution in [2.24, 2.45) is 0 Å². The molecule has 1 amide bonds. The van der Waals surface area contributed by atoms with Crippen molar-refractivity contribution >= 4 is 22.6 Å². The molecule has 1 fully saturated rings. The fourth-order valence-corrected chi connectivity index (χ4v) is 4.33. The number of hydrogen-bond donors (Lipinski definition) is 0. The molecule has 5 rings (SSSR count). The van der Waals surface area contributed by atoms with Crippen LogP contribution >= 0.6 is 0 Å². The summed E-state index contributed by atoms with van der Waals surface area (Å²) in [5.41, 5.74) is 7.43. The van der Waals surface area contributed by atoms with E-state index in [0.29, 0.717) is 5.56 Å². The van der Waals surface area contributed by atoms with E-state index >= 15 is 0 Å². The third-order valence-corrected chi connectivity index (χ3v) is 6.10. The number of amides is 1. The molecule has 0 radical (unpaired) electrons. The van der Waals surface area contributed by atoms with Crippen molar-refractivity contribution in [3.63, 3.8) is 0 Å². The van der Waals surface area contributed by atoms with Gasteiger partial charge in [0.1, 0.15) is 6.33 Å². The van der Waals surface area contributed by atoms with Gasteiger partial charge in [0.05, 0.1) is 11.0 Å². The molecule has 0 bridgehead atoms. The Morgan fingerprint density at radius 3 is 2.42 bits per heavy atom. The molecule has 1 aliphatic rings. The first-order chi connectivity index (χ1) is 15.1. The van der Waals surface area contributed by atoms with Gasteiger partial charge >= 0.3 is 0 Å². The number of benzene rings is 3. The molecule has 31 heavy (non-hydrogen) atoms. The number of fused-ring (bicyclic) bond motifs is 1. The SMILES string of the molecule is Cc1ccc(C)c(N2CCN(C(=O)c3ccc4c(c3)ncn4-c3ccccc3)CC2)c1. The Hall–Kier alpha value is -3.60. The summed E-state index contributed by atoms with van der Waals surface area (Å²) in [5.74, 6) is 0.0803. The van der Waals surface area contributed by atoms with Gasteiger partial charge in [-0.3, -0.25) is 9.36 Å². The number of imidazole rings is 1. The molecule has 1 aromatic heterocycles. The molecule has 156 valence electrons. The minimum Gasteiger partial charge on any atom is -0.368 e. The Morgan fingerprint density at radius 2 is 1.65 bits per heavy atom. The highest BCUT2D eigenvalue weighted by Crippen LogP contribution is 2.24. The predicted octanol–water partition coefficient (Wildman–Crippen LogP) is 4.60. The first-order valence-corrected chi connectivity index (χ1v) is 10.7. The monoisotopic (exact) mass is 410 g/mol. The van der Waals surface area contributed by atoms with Crippen LogP contribution in [-0.2, 0) is 0 Å². The second kappa shape index (κ2) is 7.91. The summed E-state index contributed by atoms with van der Waals surface area (Å²) >= 11 is 0. The van der Waals surface area contributed by atoms with Crippen molar-refractivity contribution in [3.05, 3.63) is 89.7 Å². The second-order valence-corrected chi connectivity index (χ2v) is 8.22. The summed E-state index contributed by atoms with van der Waals surface area (Å²) in [6.07, 6.45) is 1.82. The van der Waals surface area contributed by atoms with E-state index < -0.39 is 0 Å². The summed E-state index contributed by atoms with van der Waals surface area (Å²) in [7, 11) is 0. The molecule has 4 aromatic rings. The number of aryl methyl sites for hydroxylation is 2. The van der Waals surface area contributed by atoms with Crippen LogP contribution in [0, 0.1) is 13.8 Å². The van der Waals surface area contributed by atoms with Crippen LogP contribution in [-0.4, -0.2) is 46.5 Å². The van der Waals surface area contributed by atoms with Crippen LogP contribution in [0.25, 0.3) is 16.7 Å². The molecular weight excluding hydrogens is 384 g/mol. The second-order valence-electron chi connectivity index (χ2n) is 8.22. The molecule has 5 heteroatoms. The zero-order valence-corrected chi connectivity index (χ0v) is 18.0. The zero-order valence-electron chi connectivity index (χ0n) is 18.0. The fraction of sp³-hybridized carbons (Fsp3) is 0.231. The molecule has 1 aliphatic heterocycles. The van der Waals surface area contributed by atoms with Crippen LogP contribution in [0.5, 0.6) is 0 Å². The fourth-order valence-electron chi connectivity index (χ4n) is 4.33. The van der Waals surface area contributed by atoms with Crippen LogP contribution in [0.1, 0.15) is 21.5 Å². The Balaban J connectivity index is 1.32. The van der Waals surface area contributed by atoms with Crippen LogP contribution in [0.2, 0.25) is 0 Å². The normalized spacial score (nSPS) is 14.3. The van der Waals surface area contributed by atoms with Gasteiger partial charge in [0.25, 0.3) is 5.91 Å². The van der Waals surface area contributed by atoms with Gasteiger partial charge in [-0.1, -0.05) is 30.3 Å². The summed E-state index contributed by atoms with van der Waals surface area (Å²) in [6.45, 7) is 7.42. The van der Waals surface area contributed by atoms with Gasteiger partial charge in [-0.05, 0) is 61.4 Å². The Labute approximate surface area is 182 Å². The molecule has 0 unspecified atom stereocenters. The van der Waals surface area contributed by atoms with E-state index in [1.807, 2.05) is 52.2 Å². The topological polar surface area (TPSA) is 41.4 Å². The Bertz CT molecular complexity index is 1240. The Kier molecular flexibility index (Phi) is 4.94. The van der Waals surface area contributed by atoms with Crippen LogP contribution in [0.4, 0.5) is 5.69 Å². The number of nitrogens with zero attached hydrogens (tertiary/aromatic N) is 4. The predicted molar refractivity (Wildman–Crippen MR) is 125 cm³/mol. The van der Waals surface area contributed by atoms with Gasteiger partial charge in [-0.2, -0.15) is 0 Å². The number of para-hydroxylation sites is 1. The van der Waals surface area contributed by atoms with Crippen molar-refractivity contribution in [2.75, 3.05) is 31.1 Å². The minimum atomic E-state index is 0.0803. The third kappa shape index (κ3) is 3.67. The van der Waals surface area contributed by atoms with Crippen molar-refractivity contribution in [1.29, 1.82) is 0 Å².